The third-order valence-corrected chi connectivity index (χ3v) is 9.62. The third kappa shape index (κ3) is 3.87. The predicted octanol–water partition coefficient (Wildman–Crippen LogP) is 3.52. The average molecular weight is 516 g/mol. The van der Waals surface area contributed by atoms with Gasteiger partial charge in [0.1, 0.15) is 5.56 Å². The van der Waals surface area contributed by atoms with E-state index < -0.39 is 27.3 Å². The molecule has 0 bridgehead atoms. The van der Waals surface area contributed by atoms with Crippen LogP contribution in [0.2, 0.25) is 0 Å². The fourth-order valence-electron chi connectivity index (χ4n) is 5.10. The maximum Gasteiger partial charge on any atom is 0.420 e. The second-order valence-electron chi connectivity index (χ2n) is 9.22. The summed E-state index contributed by atoms with van der Waals surface area (Å²) in [5.41, 5.74) is -1.23. The molecule has 3 aliphatic rings. The van der Waals surface area contributed by atoms with Crippen molar-refractivity contribution in [2.24, 2.45) is 0 Å². The van der Waals surface area contributed by atoms with Gasteiger partial charge < -0.3 is 10.2 Å². The van der Waals surface area contributed by atoms with E-state index in [1.54, 1.807) is 4.90 Å². The van der Waals surface area contributed by atoms with Crippen LogP contribution in [-0.4, -0.2) is 65.4 Å². The Labute approximate surface area is 199 Å². The molecular formula is C21H24F3N5O3S2. The van der Waals surface area contributed by atoms with Crippen LogP contribution < -0.4 is 5.32 Å². The SMILES string of the molecule is CC12CCCN1C(=O)c1cc(-c3nc(NC4CCN(S(C)(=O)=O)CC4)ncc3C(F)(F)F)sc12. The maximum atomic E-state index is 13.8. The molecule has 1 amide bonds. The summed E-state index contributed by atoms with van der Waals surface area (Å²) in [6.07, 6.45) is -0.113. The summed E-state index contributed by atoms with van der Waals surface area (Å²) >= 11 is 1.19. The Bertz CT molecular complexity index is 1250. The number of piperidine rings is 1. The fourth-order valence-corrected chi connectivity index (χ4v) is 7.31. The van der Waals surface area contributed by atoms with Crippen LogP contribution >= 0.6 is 11.3 Å². The molecule has 8 nitrogen and oxygen atoms in total. The second-order valence-corrected chi connectivity index (χ2v) is 12.3. The number of carbonyl (C=O) groups is 1. The Kier molecular flexibility index (Phi) is 5.45. The number of nitrogens with zero attached hydrogens (tertiary/aromatic N) is 4. The van der Waals surface area contributed by atoms with Crippen molar-refractivity contribution in [3.8, 4) is 10.6 Å². The van der Waals surface area contributed by atoms with Crippen LogP contribution in [0.5, 0.6) is 0 Å². The van der Waals surface area contributed by atoms with Gasteiger partial charge in [0.2, 0.25) is 16.0 Å². The number of sulfonamides is 1. The molecule has 0 aliphatic carbocycles. The van der Waals surface area contributed by atoms with Gasteiger partial charge in [-0.3, -0.25) is 4.79 Å². The van der Waals surface area contributed by atoms with Crippen molar-refractivity contribution in [3.63, 3.8) is 0 Å². The lowest BCUT2D eigenvalue weighted by Crippen LogP contribution is -2.42. The number of anilines is 1. The molecule has 0 aromatic carbocycles. The van der Waals surface area contributed by atoms with Gasteiger partial charge in [0.05, 0.1) is 27.9 Å². The largest absolute Gasteiger partial charge is 0.420 e. The zero-order chi connectivity index (χ0) is 24.5. The third-order valence-electron chi connectivity index (χ3n) is 6.92. The van der Waals surface area contributed by atoms with E-state index in [1.165, 1.54) is 21.7 Å². The van der Waals surface area contributed by atoms with Gasteiger partial charge >= 0.3 is 6.18 Å². The topological polar surface area (TPSA) is 95.5 Å². The molecule has 1 N–H and O–H groups in total. The van der Waals surface area contributed by atoms with Gasteiger partial charge in [0.15, 0.2) is 0 Å². The number of amides is 1. The molecule has 184 valence electrons. The van der Waals surface area contributed by atoms with Crippen molar-refractivity contribution < 1.29 is 26.4 Å². The molecule has 1 atom stereocenters. The fraction of sp³-hybridized carbons (Fsp3) is 0.571. The number of aromatic nitrogens is 2. The highest BCUT2D eigenvalue weighted by Crippen LogP contribution is 2.52. The molecule has 2 fully saturated rings. The zero-order valence-electron chi connectivity index (χ0n) is 18.6. The monoisotopic (exact) mass is 515 g/mol. The van der Waals surface area contributed by atoms with Gasteiger partial charge in [0, 0.05) is 36.8 Å². The first-order valence-electron chi connectivity index (χ1n) is 11.0. The second kappa shape index (κ2) is 7.89. The minimum Gasteiger partial charge on any atom is -0.351 e. The lowest BCUT2D eigenvalue weighted by molar-refractivity contribution is -0.137. The minimum atomic E-state index is -4.66. The van der Waals surface area contributed by atoms with E-state index in [1.807, 2.05) is 6.92 Å². The Morgan fingerprint density at radius 1 is 1.24 bits per heavy atom. The van der Waals surface area contributed by atoms with Crippen LogP contribution in [0.25, 0.3) is 10.6 Å². The smallest absolute Gasteiger partial charge is 0.351 e. The van der Waals surface area contributed by atoms with Crippen molar-refractivity contribution in [3.05, 3.63) is 28.3 Å². The van der Waals surface area contributed by atoms with Gasteiger partial charge in [-0.25, -0.2) is 22.7 Å². The van der Waals surface area contributed by atoms with Crippen molar-refractivity contribution in [2.45, 2.75) is 50.4 Å². The molecule has 3 aliphatic heterocycles. The summed E-state index contributed by atoms with van der Waals surface area (Å²) in [5, 5.41) is 3.06. The molecule has 2 aromatic heterocycles. The van der Waals surface area contributed by atoms with Crippen LogP contribution in [-0.2, 0) is 21.7 Å². The number of rotatable bonds is 4. The average Bonchev–Trinajstić information content (AvgIpc) is 3.41. The minimum absolute atomic E-state index is 0.0504. The lowest BCUT2D eigenvalue weighted by Gasteiger charge is -2.30. The molecule has 1 unspecified atom stereocenters. The van der Waals surface area contributed by atoms with E-state index in [0.29, 0.717) is 38.0 Å². The molecular weight excluding hydrogens is 491 g/mol. The highest BCUT2D eigenvalue weighted by Gasteiger charge is 2.51. The molecule has 0 radical (unpaired) electrons. The van der Waals surface area contributed by atoms with Crippen LogP contribution in [0.3, 0.4) is 0 Å². The Balaban J connectivity index is 1.46. The van der Waals surface area contributed by atoms with E-state index in [0.717, 1.165) is 30.2 Å². The summed E-state index contributed by atoms with van der Waals surface area (Å²) in [5.74, 6) is -0.0921. The number of hydrogen-bond acceptors (Lipinski definition) is 7. The van der Waals surface area contributed by atoms with Gasteiger partial charge in [0.25, 0.3) is 5.91 Å². The van der Waals surface area contributed by atoms with Gasteiger partial charge in [-0.2, -0.15) is 13.2 Å². The van der Waals surface area contributed by atoms with Crippen molar-refractivity contribution >= 4 is 33.2 Å². The summed E-state index contributed by atoms with van der Waals surface area (Å²) in [7, 11) is -3.28. The van der Waals surface area contributed by atoms with E-state index >= 15 is 0 Å². The Morgan fingerprint density at radius 2 is 1.94 bits per heavy atom. The number of carbonyl (C=O) groups excluding carboxylic acids is 1. The first kappa shape index (κ1) is 23.5. The van der Waals surface area contributed by atoms with Crippen molar-refractivity contribution in [1.29, 1.82) is 0 Å². The highest BCUT2D eigenvalue weighted by atomic mass is 32.2. The van der Waals surface area contributed by atoms with Crippen LogP contribution in [0, 0.1) is 0 Å². The van der Waals surface area contributed by atoms with Crippen molar-refractivity contribution in [2.75, 3.05) is 31.2 Å². The van der Waals surface area contributed by atoms with Gasteiger partial charge in [-0.05, 0) is 38.7 Å². The zero-order valence-corrected chi connectivity index (χ0v) is 20.3. The Morgan fingerprint density at radius 3 is 2.59 bits per heavy atom. The summed E-state index contributed by atoms with van der Waals surface area (Å²) < 4.78 is 66.2. The molecule has 0 spiro atoms. The first-order valence-corrected chi connectivity index (χ1v) is 13.7. The van der Waals surface area contributed by atoms with Crippen LogP contribution in [0.15, 0.2) is 12.3 Å². The van der Waals surface area contributed by atoms with E-state index in [2.05, 4.69) is 15.3 Å². The molecule has 13 heteroatoms. The van der Waals surface area contributed by atoms with E-state index in [9.17, 15) is 26.4 Å². The summed E-state index contributed by atoms with van der Waals surface area (Å²) in [6.45, 7) is 3.25. The van der Waals surface area contributed by atoms with Gasteiger partial charge in [-0.15, -0.1) is 11.3 Å². The molecule has 2 saturated heterocycles. The number of alkyl halides is 3. The van der Waals surface area contributed by atoms with Gasteiger partial charge in [-0.1, -0.05) is 0 Å². The standard InChI is InChI=1S/C21H24F3N5O3S2/c1-20-6-3-7-29(20)18(30)13-10-15(33-17(13)20)16-14(21(22,23)24)11-25-19(27-16)26-12-4-8-28(9-5-12)34(2,31)32/h10-12H,3-9H2,1-2H3,(H,25,26,27). The first-order chi connectivity index (χ1) is 15.9. The lowest BCUT2D eigenvalue weighted by atomic mass is 9.98. The molecule has 0 saturated carbocycles. The molecule has 34 heavy (non-hydrogen) atoms. The quantitative estimate of drug-likeness (QED) is 0.670. The molecule has 2 aromatic rings. The summed E-state index contributed by atoms with van der Waals surface area (Å²) in [4.78, 5) is 23.9. The van der Waals surface area contributed by atoms with Crippen LogP contribution in [0.4, 0.5) is 19.1 Å². The Hall–Kier alpha value is -2.25. The molecule has 5 heterocycles. The van der Waals surface area contributed by atoms with Crippen molar-refractivity contribution in [1.82, 2.24) is 19.2 Å². The van der Waals surface area contributed by atoms with E-state index in [4.69, 9.17) is 0 Å². The number of nitrogens with one attached hydrogen (secondary N) is 1. The number of hydrogen-bond donors (Lipinski definition) is 1. The maximum absolute atomic E-state index is 13.8. The highest BCUT2D eigenvalue weighted by molar-refractivity contribution is 7.88. The van der Waals surface area contributed by atoms with Crippen LogP contribution in [0.1, 0.15) is 53.4 Å². The molecule has 5 rings (SSSR count). The predicted molar refractivity (Wildman–Crippen MR) is 121 cm³/mol. The van der Waals surface area contributed by atoms with E-state index in [-0.39, 0.29) is 28.5 Å². The normalized spacial score (nSPS) is 23.9. The summed E-state index contributed by atoms with van der Waals surface area (Å²) in [6, 6.07) is 1.36. The number of halogens is 3. The number of thiophene rings is 1. The number of fused-ring (bicyclic) bond motifs is 3.